The molecular weight excluding hydrogens is 373 g/mol. The van der Waals surface area contributed by atoms with Crippen LogP contribution < -0.4 is 0 Å². The second kappa shape index (κ2) is 10.4. The van der Waals surface area contributed by atoms with Crippen LogP contribution in [-0.4, -0.2) is 32.9 Å². The predicted molar refractivity (Wildman–Crippen MR) is 120 cm³/mol. The van der Waals surface area contributed by atoms with Crippen LogP contribution in [0.4, 0.5) is 0 Å². The normalized spacial score (nSPS) is 15.3. The zero-order valence-corrected chi connectivity index (χ0v) is 18.3. The molecule has 0 unspecified atom stereocenters. The van der Waals surface area contributed by atoms with E-state index in [0.717, 1.165) is 54.7 Å². The van der Waals surface area contributed by atoms with Crippen LogP contribution in [0.2, 0.25) is 0 Å². The average molecular weight is 402 g/mol. The van der Waals surface area contributed by atoms with Crippen molar-refractivity contribution in [3.8, 4) is 0 Å². The highest BCUT2D eigenvalue weighted by Crippen LogP contribution is 2.33. The number of hydrogen-bond acceptors (Lipinski definition) is 3. The van der Waals surface area contributed by atoms with Crippen LogP contribution in [0.25, 0.3) is 0 Å². The number of nitrogens with zero attached hydrogens (tertiary/aromatic N) is 1. The summed E-state index contributed by atoms with van der Waals surface area (Å²) in [4.78, 5) is 5.05. The molecule has 0 aliphatic heterocycles. The number of halogens is 1. The fraction of sp³-hybridized carbons (Fsp3) is 0.455. The Morgan fingerprint density at radius 3 is 2.67 bits per heavy atom. The van der Waals surface area contributed by atoms with Crippen LogP contribution in [0.3, 0.4) is 0 Å². The van der Waals surface area contributed by atoms with Crippen LogP contribution >= 0.6 is 22.9 Å². The monoisotopic (exact) mass is 401 g/mol. The van der Waals surface area contributed by atoms with Gasteiger partial charge in [-0.05, 0) is 56.4 Å². The number of ether oxygens (including phenoxy) is 1. The van der Waals surface area contributed by atoms with Crippen LogP contribution in [0, 0.1) is 0 Å². The molecule has 144 valence electrons. The minimum Gasteiger partial charge on any atom is -0.500 e. The SMILES string of the molecule is [B]C(=C)CCc1cc(CN(C)[C@H](C(=C)OC)C2=CCCC=C2Cl)c(CC)s1. The van der Waals surface area contributed by atoms with Crippen molar-refractivity contribution < 1.29 is 4.74 Å². The van der Waals surface area contributed by atoms with Gasteiger partial charge in [-0.15, -0.1) is 23.4 Å². The molecule has 5 heteroatoms. The summed E-state index contributed by atoms with van der Waals surface area (Å²) in [5.41, 5.74) is 3.18. The molecule has 1 aromatic heterocycles. The van der Waals surface area contributed by atoms with E-state index in [9.17, 15) is 0 Å². The second-order valence-corrected chi connectivity index (χ2v) is 8.58. The molecule has 1 aromatic rings. The van der Waals surface area contributed by atoms with E-state index in [0.29, 0.717) is 5.76 Å². The number of allylic oxidation sites excluding steroid dienone is 3. The van der Waals surface area contributed by atoms with Gasteiger partial charge in [-0.3, -0.25) is 4.90 Å². The van der Waals surface area contributed by atoms with Gasteiger partial charge in [-0.1, -0.05) is 37.3 Å². The van der Waals surface area contributed by atoms with Crippen molar-refractivity contribution in [1.82, 2.24) is 4.90 Å². The smallest absolute Gasteiger partial charge is 0.110 e. The van der Waals surface area contributed by atoms with Crippen LogP contribution in [-0.2, 0) is 24.1 Å². The molecule has 2 nitrogen and oxygen atoms in total. The maximum absolute atomic E-state index is 6.51. The van der Waals surface area contributed by atoms with Crippen molar-refractivity contribution in [2.45, 2.75) is 51.6 Å². The summed E-state index contributed by atoms with van der Waals surface area (Å²) in [6, 6.07) is 2.25. The third kappa shape index (κ3) is 5.87. The molecule has 1 atom stereocenters. The van der Waals surface area contributed by atoms with Crippen LogP contribution in [0.1, 0.15) is 41.5 Å². The van der Waals surface area contributed by atoms with Crippen LogP contribution in [0.15, 0.2) is 53.2 Å². The molecule has 0 fully saturated rings. The number of aryl methyl sites for hydroxylation is 2. The maximum Gasteiger partial charge on any atom is 0.110 e. The summed E-state index contributed by atoms with van der Waals surface area (Å²) in [5, 5.41) is 0.805. The minimum absolute atomic E-state index is 0.0593. The molecule has 0 N–H and O–H groups in total. The topological polar surface area (TPSA) is 12.5 Å². The van der Waals surface area contributed by atoms with Crippen molar-refractivity contribution in [2.24, 2.45) is 0 Å². The van der Waals surface area contributed by atoms with Crippen molar-refractivity contribution in [3.05, 3.63) is 68.5 Å². The lowest BCUT2D eigenvalue weighted by Crippen LogP contribution is -2.35. The van der Waals surface area contributed by atoms with Gasteiger partial charge < -0.3 is 4.74 Å². The predicted octanol–water partition coefficient (Wildman–Crippen LogP) is 5.73. The Morgan fingerprint density at radius 1 is 1.37 bits per heavy atom. The Kier molecular flexibility index (Phi) is 8.46. The van der Waals surface area contributed by atoms with E-state index >= 15 is 0 Å². The largest absolute Gasteiger partial charge is 0.500 e. The molecule has 0 saturated carbocycles. The molecule has 0 amide bonds. The number of hydrogen-bond donors (Lipinski definition) is 0. The Morgan fingerprint density at radius 2 is 2.07 bits per heavy atom. The van der Waals surface area contributed by atoms with Gasteiger partial charge in [0, 0.05) is 21.3 Å². The second-order valence-electron chi connectivity index (χ2n) is 6.95. The van der Waals surface area contributed by atoms with Gasteiger partial charge in [0.15, 0.2) is 0 Å². The highest BCUT2D eigenvalue weighted by molar-refractivity contribution is 7.12. The molecule has 1 heterocycles. The summed E-state index contributed by atoms with van der Waals surface area (Å²) in [7, 11) is 9.51. The quantitative estimate of drug-likeness (QED) is 0.367. The Bertz CT molecular complexity index is 749. The molecule has 0 saturated heterocycles. The summed E-state index contributed by atoms with van der Waals surface area (Å²) in [5.74, 6) is 0.713. The molecule has 2 radical (unpaired) electrons. The number of methoxy groups -OCH3 is 1. The van der Waals surface area contributed by atoms with Gasteiger partial charge in [0.1, 0.15) is 13.6 Å². The lowest BCUT2D eigenvalue weighted by atomic mass is 9.93. The van der Waals surface area contributed by atoms with Crippen molar-refractivity contribution in [3.63, 3.8) is 0 Å². The zero-order valence-electron chi connectivity index (χ0n) is 16.7. The number of likely N-dealkylation sites (N-methyl/N-ethyl adjacent to an activating group) is 1. The third-order valence-electron chi connectivity index (χ3n) is 4.81. The first kappa shape index (κ1) is 22.1. The van der Waals surface area contributed by atoms with E-state index < -0.39 is 0 Å². The molecular formula is C22H29BClNOS. The first-order valence-corrected chi connectivity index (χ1v) is 10.6. The molecule has 0 bridgehead atoms. The van der Waals surface area contributed by atoms with E-state index in [1.54, 1.807) is 7.11 Å². The summed E-state index contributed by atoms with van der Waals surface area (Å²) >= 11 is 8.39. The molecule has 2 rings (SSSR count). The standard InChI is InChI=1S/C22H29BClNOS/c1-6-21-17(13-18(27-21)12-11-15(2)23)14-25(4)22(16(3)26-5)19-9-7-8-10-20(19)24/h9-10,13,22H,2-3,6-8,11-12,14H2,1,4-5H3/t22-/m1/s1. The fourth-order valence-corrected chi connectivity index (χ4v) is 4.81. The Balaban J connectivity index is 2.23. The molecule has 1 aliphatic rings. The Labute approximate surface area is 174 Å². The van der Waals surface area contributed by atoms with Gasteiger partial charge in [-0.25, -0.2) is 0 Å². The number of thiophene rings is 1. The molecule has 0 spiro atoms. The third-order valence-corrected chi connectivity index (χ3v) is 6.57. The molecule has 1 aliphatic carbocycles. The summed E-state index contributed by atoms with van der Waals surface area (Å²) in [6.45, 7) is 11.0. The van der Waals surface area contributed by atoms with E-state index in [1.165, 1.54) is 15.3 Å². The highest BCUT2D eigenvalue weighted by atomic mass is 35.5. The van der Waals surface area contributed by atoms with E-state index in [2.05, 4.69) is 50.2 Å². The van der Waals surface area contributed by atoms with Gasteiger partial charge >= 0.3 is 0 Å². The van der Waals surface area contributed by atoms with Crippen molar-refractivity contribution in [2.75, 3.05) is 14.2 Å². The van der Waals surface area contributed by atoms with E-state index in [4.69, 9.17) is 24.2 Å². The van der Waals surface area contributed by atoms with Gasteiger partial charge in [0.2, 0.25) is 0 Å². The first-order valence-electron chi connectivity index (χ1n) is 9.40. The molecule has 27 heavy (non-hydrogen) atoms. The highest BCUT2D eigenvalue weighted by Gasteiger charge is 2.27. The minimum atomic E-state index is -0.0593. The van der Waals surface area contributed by atoms with Gasteiger partial charge in [0.05, 0.1) is 13.2 Å². The Hall–Kier alpha value is -1.23. The number of rotatable bonds is 10. The van der Waals surface area contributed by atoms with Gasteiger partial charge in [0.25, 0.3) is 0 Å². The average Bonchev–Trinajstić information content (AvgIpc) is 3.03. The summed E-state index contributed by atoms with van der Waals surface area (Å²) in [6.07, 6.45) is 9.08. The van der Waals surface area contributed by atoms with E-state index in [-0.39, 0.29) is 6.04 Å². The fourth-order valence-electron chi connectivity index (χ4n) is 3.40. The summed E-state index contributed by atoms with van der Waals surface area (Å²) < 4.78 is 5.52. The van der Waals surface area contributed by atoms with Gasteiger partial charge in [-0.2, -0.15) is 0 Å². The maximum atomic E-state index is 6.51. The lowest BCUT2D eigenvalue weighted by Gasteiger charge is -2.32. The van der Waals surface area contributed by atoms with E-state index in [1.807, 2.05) is 11.3 Å². The zero-order chi connectivity index (χ0) is 20.0. The molecule has 0 aromatic carbocycles. The van der Waals surface area contributed by atoms with Crippen molar-refractivity contribution >= 4 is 30.8 Å². The first-order chi connectivity index (χ1) is 12.9. The van der Waals surface area contributed by atoms with Crippen LogP contribution in [0.5, 0.6) is 0 Å². The van der Waals surface area contributed by atoms with Crippen molar-refractivity contribution in [1.29, 1.82) is 0 Å². The lowest BCUT2D eigenvalue weighted by molar-refractivity contribution is 0.191.